The second-order valence-electron chi connectivity index (χ2n) is 4.99. The topological polar surface area (TPSA) is 46.3 Å². The summed E-state index contributed by atoms with van der Waals surface area (Å²) in [7, 11) is 1.64. The number of rotatable bonds is 3. The number of aryl methyl sites for hydroxylation is 1. The molecule has 2 aromatic carbocycles. The van der Waals surface area contributed by atoms with Crippen LogP contribution in [0.3, 0.4) is 0 Å². The highest BCUT2D eigenvalue weighted by atomic mass is 79.9. The summed E-state index contributed by atoms with van der Waals surface area (Å²) < 4.78 is 15.0. The minimum Gasteiger partial charge on any atom is -0.399 e. The first-order chi connectivity index (χ1) is 9.88. The van der Waals surface area contributed by atoms with E-state index >= 15 is 0 Å². The highest BCUT2D eigenvalue weighted by molar-refractivity contribution is 9.10. The monoisotopic (exact) mass is 350 g/mol. The first kappa shape index (κ1) is 15.5. The molecule has 0 aliphatic carbocycles. The molecule has 110 valence electrons. The van der Waals surface area contributed by atoms with Crippen molar-refractivity contribution in [2.75, 3.05) is 12.8 Å². The van der Waals surface area contributed by atoms with Crippen LogP contribution in [0.1, 0.15) is 21.5 Å². The fraction of sp³-hybridized carbons (Fsp3) is 0.188. The van der Waals surface area contributed by atoms with Crippen LogP contribution in [0, 0.1) is 12.7 Å². The van der Waals surface area contributed by atoms with Gasteiger partial charge in [0.25, 0.3) is 5.91 Å². The first-order valence-electron chi connectivity index (χ1n) is 6.44. The molecule has 0 aliphatic heterocycles. The number of nitrogens with two attached hydrogens (primary N) is 1. The Morgan fingerprint density at radius 2 is 2.05 bits per heavy atom. The zero-order chi connectivity index (χ0) is 15.6. The standard InChI is InChI=1S/C16H16BrFN2O/c1-10-6-13(19)8-14(15(10)18)16(21)20(2)9-11-4-3-5-12(17)7-11/h3-8H,9,19H2,1-2H3. The Labute approximate surface area is 131 Å². The van der Waals surface area contributed by atoms with Crippen molar-refractivity contribution >= 4 is 27.5 Å². The van der Waals surface area contributed by atoms with Crippen molar-refractivity contribution in [2.24, 2.45) is 0 Å². The maximum atomic E-state index is 14.1. The van der Waals surface area contributed by atoms with Gasteiger partial charge in [0.2, 0.25) is 0 Å². The zero-order valence-electron chi connectivity index (χ0n) is 11.9. The van der Waals surface area contributed by atoms with Gasteiger partial charge in [-0.3, -0.25) is 4.79 Å². The highest BCUT2D eigenvalue weighted by Gasteiger charge is 2.18. The molecule has 0 fully saturated rings. The molecule has 2 N–H and O–H groups in total. The second-order valence-corrected chi connectivity index (χ2v) is 5.91. The summed E-state index contributed by atoms with van der Waals surface area (Å²) in [4.78, 5) is 13.8. The third-order valence-corrected chi connectivity index (χ3v) is 3.66. The molecule has 5 heteroatoms. The largest absolute Gasteiger partial charge is 0.399 e. The van der Waals surface area contributed by atoms with Crippen LogP contribution in [0.15, 0.2) is 40.9 Å². The Hall–Kier alpha value is -1.88. The van der Waals surface area contributed by atoms with Gasteiger partial charge in [-0.2, -0.15) is 0 Å². The van der Waals surface area contributed by atoms with Gasteiger partial charge >= 0.3 is 0 Å². The summed E-state index contributed by atoms with van der Waals surface area (Å²) in [6, 6.07) is 10.5. The van der Waals surface area contributed by atoms with E-state index < -0.39 is 5.82 Å². The molecule has 0 bridgehead atoms. The number of nitrogens with zero attached hydrogens (tertiary/aromatic N) is 1. The molecule has 3 nitrogen and oxygen atoms in total. The Bertz CT molecular complexity index is 688. The van der Waals surface area contributed by atoms with Crippen molar-refractivity contribution in [3.8, 4) is 0 Å². The second kappa shape index (κ2) is 6.26. The molecular formula is C16H16BrFN2O. The number of benzene rings is 2. The average molecular weight is 351 g/mol. The lowest BCUT2D eigenvalue weighted by Gasteiger charge is -2.18. The number of nitrogen functional groups attached to an aromatic ring is 1. The molecule has 2 rings (SSSR count). The van der Waals surface area contributed by atoms with Crippen molar-refractivity contribution < 1.29 is 9.18 Å². The van der Waals surface area contributed by atoms with Gasteiger partial charge in [0.05, 0.1) is 5.56 Å². The lowest BCUT2D eigenvalue weighted by atomic mass is 10.1. The van der Waals surface area contributed by atoms with Crippen molar-refractivity contribution in [3.63, 3.8) is 0 Å². The zero-order valence-corrected chi connectivity index (χ0v) is 13.4. The maximum absolute atomic E-state index is 14.1. The lowest BCUT2D eigenvalue weighted by molar-refractivity contribution is 0.0780. The van der Waals surface area contributed by atoms with Crippen LogP contribution in [0.2, 0.25) is 0 Å². The predicted molar refractivity (Wildman–Crippen MR) is 85.5 cm³/mol. The Balaban J connectivity index is 2.24. The van der Waals surface area contributed by atoms with Crippen LogP contribution >= 0.6 is 15.9 Å². The Kier molecular flexibility index (Phi) is 4.63. The molecule has 0 aromatic heterocycles. The van der Waals surface area contributed by atoms with Crippen molar-refractivity contribution in [2.45, 2.75) is 13.5 Å². The van der Waals surface area contributed by atoms with Crippen molar-refractivity contribution in [1.29, 1.82) is 0 Å². The molecule has 0 radical (unpaired) electrons. The van der Waals surface area contributed by atoms with E-state index in [1.165, 1.54) is 17.0 Å². The van der Waals surface area contributed by atoms with Gasteiger partial charge < -0.3 is 10.6 Å². The molecule has 2 aromatic rings. The van der Waals surface area contributed by atoms with Crippen molar-refractivity contribution in [3.05, 3.63) is 63.4 Å². The summed E-state index contributed by atoms with van der Waals surface area (Å²) in [5, 5.41) is 0. The van der Waals surface area contributed by atoms with Crippen LogP contribution in [0.25, 0.3) is 0 Å². The third-order valence-electron chi connectivity index (χ3n) is 3.16. The average Bonchev–Trinajstić information content (AvgIpc) is 2.42. The van der Waals surface area contributed by atoms with Gasteiger partial charge in [0.1, 0.15) is 5.82 Å². The smallest absolute Gasteiger partial charge is 0.256 e. The van der Waals surface area contributed by atoms with Gasteiger partial charge in [-0.05, 0) is 42.3 Å². The van der Waals surface area contributed by atoms with E-state index in [0.29, 0.717) is 17.8 Å². The molecule has 0 spiro atoms. The minimum atomic E-state index is -0.518. The van der Waals surface area contributed by atoms with Gasteiger partial charge in [0, 0.05) is 23.8 Å². The fourth-order valence-electron chi connectivity index (χ4n) is 2.14. The number of hydrogen-bond acceptors (Lipinski definition) is 2. The molecule has 0 atom stereocenters. The number of hydrogen-bond donors (Lipinski definition) is 1. The molecule has 0 heterocycles. The summed E-state index contributed by atoms with van der Waals surface area (Å²) in [6.07, 6.45) is 0. The quantitative estimate of drug-likeness (QED) is 0.856. The SMILES string of the molecule is Cc1cc(N)cc(C(=O)N(C)Cc2cccc(Br)c2)c1F. The normalized spacial score (nSPS) is 10.5. The number of carbonyl (C=O) groups is 1. The molecule has 0 saturated carbocycles. The van der Waals surface area contributed by atoms with Gasteiger partial charge in [-0.15, -0.1) is 0 Å². The molecule has 0 aliphatic rings. The summed E-state index contributed by atoms with van der Waals surface area (Å²) >= 11 is 3.38. The third kappa shape index (κ3) is 3.61. The van der Waals surface area contributed by atoms with E-state index in [9.17, 15) is 9.18 Å². The molecular weight excluding hydrogens is 335 g/mol. The highest BCUT2D eigenvalue weighted by Crippen LogP contribution is 2.20. The number of carbonyl (C=O) groups excluding carboxylic acids is 1. The van der Waals surface area contributed by atoms with Crippen LogP contribution in [0.4, 0.5) is 10.1 Å². The van der Waals surface area contributed by atoms with Crippen LogP contribution in [-0.4, -0.2) is 17.9 Å². The first-order valence-corrected chi connectivity index (χ1v) is 7.23. The fourth-order valence-corrected chi connectivity index (χ4v) is 2.59. The predicted octanol–water partition coefficient (Wildman–Crippen LogP) is 3.75. The summed E-state index contributed by atoms with van der Waals surface area (Å²) in [5.74, 6) is -0.904. The van der Waals surface area contributed by atoms with Crippen LogP contribution in [-0.2, 0) is 6.54 Å². The Morgan fingerprint density at radius 1 is 1.33 bits per heavy atom. The lowest BCUT2D eigenvalue weighted by Crippen LogP contribution is -2.27. The van der Waals surface area contributed by atoms with E-state index in [2.05, 4.69) is 15.9 Å². The van der Waals surface area contributed by atoms with E-state index in [0.717, 1.165) is 10.0 Å². The van der Waals surface area contributed by atoms with Crippen molar-refractivity contribution in [1.82, 2.24) is 4.90 Å². The van der Waals surface area contributed by atoms with Crippen LogP contribution in [0.5, 0.6) is 0 Å². The van der Waals surface area contributed by atoms with E-state index in [4.69, 9.17) is 5.73 Å². The minimum absolute atomic E-state index is 0.00463. The maximum Gasteiger partial charge on any atom is 0.256 e. The molecule has 21 heavy (non-hydrogen) atoms. The number of anilines is 1. The molecule has 0 saturated heterocycles. The van der Waals surface area contributed by atoms with Crippen LogP contribution < -0.4 is 5.73 Å². The molecule has 0 unspecified atom stereocenters. The van der Waals surface area contributed by atoms with Gasteiger partial charge in [0.15, 0.2) is 0 Å². The number of amides is 1. The van der Waals surface area contributed by atoms with Gasteiger partial charge in [-0.25, -0.2) is 4.39 Å². The van der Waals surface area contributed by atoms with E-state index in [-0.39, 0.29) is 11.5 Å². The summed E-state index contributed by atoms with van der Waals surface area (Å²) in [5.41, 5.74) is 7.41. The Morgan fingerprint density at radius 3 is 2.71 bits per heavy atom. The summed E-state index contributed by atoms with van der Waals surface area (Å²) in [6.45, 7) is 1.99. The molecule has 1 amide bonds. The van der Waals surface area contributed by atoms with E-state index in [1.807, 2.05) is 24.3 Å². The van der Waals surface area contributed by atoms with Gasteiger partial charge in [-0.1, -0.05) is 28.1 Å². The van der Waals surface area contributed by atoms with E-state index in [1.54, 1.807) is 14.0 Å². The number of halogens is 2.